The molecule has 1 N–H and O–H groups in total. The van der Waals surface area contributed by atoms with Crippen LogP contribution in [0, 0.1) is 0 Å². The summed E-state index contributed by atoms with van der Waals surface area (Å²) in [5.41, 5.74) is 1.57. The van der Waals surface area contributed by atoms with Crippen LogP contribution in [0.3, 0.4) is 0 Å². The van der Waals surface area contributed by atoms with Crippen molar-refractivity contribution in [1.29, 1.82) is 0 Å². The first kappa shape index (κ1) is 22.3. The molecule has 4 rings (SSSR count). The van der Waals surface area contributed by atoms with E-state index >= 15 is 0 Å². The zero-order valence-electron chi connectivity index (χ0n) is 18.7. The van der Waals surface area contributed by atoms with Crippen LogP contribution < -0.4 is 10.2 Å². The van der Waals surface area contributed by atoms with Crippen molar-refractivity contribution in [2.45, 2.75) is 32.9 Å². The average Bonchev–Trinajstić information content (AvgIpc) is 3.09. The van der Waals surface area contributed by atoms with E-state index in [-0.39, 0.29) is 11.7 Å². The summed E-state index contributed by atoms with van der Waals surface area (Å²) in [4.78, 5) is 39.9. The molecule has 0 unspecified atom stereocenters. The van der Waals surface area contributed by atoms with Crippen molar-refractivity contribution in [2.75, 3.05) is 43.4 Å². The summed E-state index contributed by atoms with van der Waals surface area (Å²) < 4.78 is 5.36. The van der Waals surface area contributed by atoms with Gasteiger partial charge >= 0.3 is 6.09 Å². The highest BCUT2D eigenvalue weighted by atomic mass is 35.5. The molecule has 170 valence electrons. The number of ether oxygens (including phenoxy) is 1. The molecular weight excluding hydrogens is 432 g/mol. The minimum atomic E-state index is -0.718. The van der Waals surface area contributed by atoms with Gasteiger partial charge in [0.05, 0.1) is 35.9 Å². The van der Waals surface area contributed by atoms with Crippen molar-refractivity contribution >= 4 is 40.8 Å². The fourth-order valence-corrected chi connectivity index (χ4v) is 3.89. The number of hydrogen-bond acceptors (Lipinski definition) is 8. The van der Waals surface area contributed by atoms with Gasteiger partial charge in [0.1, 0.15) is 16.6 Å². The third-order valence-electron chi connectivity index (χ3n) is 5.40. The number of aromatic nitrogens is 2. The lowest BCUT2D eigenvalue weighted by atomic mass is 10.1. The maximum atomic E-state index is 13.0. The Bertz CT molecular complexity index is 1030. The van der Waals surface area contributed by atoms with E-state index in [2.05, 4.69) is 32.1 Å². The van der Waals surface area contributed by atoms with E-state index in [1.54, 1.807) is 20.8 Å². The van der Waals surface area contributed by atoms with Crippen LogP contribution in [0.2, 0.25) is 5.15 Å². The first-order valence-corrected chi connectivity index (χ1v) is 10.9. The lowest BCUT2D eigenvalue weighted by molar-refractivity contribution is 0.0248. The molecule has 0 spiro atoms. The summed E-state index contributed by atoms with van der Waals surface area (Å²) in [5, 5.41) is 3.33. The Morgan fingerprint density at radius 2 is 1.84 bits per heavy atom. The Kier molecular flexibility index (Phi) is 5.96. The number of carbonyl (C=O) groups excluding carboxylic acids is 2. The SMILES string of the molecule is CN1CCN(c2ccc(Nc3cnc(Cl)c4c3C(=O)N(C(=O)OC(C)(C)C)C4)nc2)CC1. The molecule has 2 aromatic heterocycles. The van der Waals surface area contributed by atoms with E-state index in [1.165, 1.54) is 6.20 Å². The maximum absolute atomic E-state index is 13.0. The van der Waals surface area contributed by atoms with E-state index in [4.69, 9.17) is 16.3 Å². The van der Waals surface area contributed by atoms with Crippen molar-refractivity contribution < 1.29 is 14.3 Å². The van der Waals surface area contributed by atoms with Gasteiger partial charge in [-0.25, -0.2) is 19.7 Å². The zero-order chi connectivity index (χ0) is 23.0. The molecule has 0 atom stereocenters. The molecule has 2 aliphatic rings. The molecule has 1 fully saturated rings. The summed E-state index contributed by atoms with van der Waals surface area (Å²) in [7, 11) is 2.12. The van der Waals surface area contributed by atoms with Gasteiger partial charge < -0.3 is 19.9 Å². The van der Waals surface area contributed by atoms with E-state index in [0.717, 1.165) is 36.8 Å². The van der Waals surface area contributed by atoms with Gasteiger partial charge in [-0.15, -0.1) is 0 Å². The van der Waals surface area contributed by atoms with Gasteiger partial charge in [0, 0.05) is 31.7 Å². The number of fused-ring (bicyclic) bond motifs is 1. The van der Waals surface area contributed by atoms with Gasteiger partial charge in [-0.05, 0) is 40.0 Å². The lowest BCUT2D eigenvalue weighted by Crippen LogP contribution is -2.44. The second kappa shape index (κ2) is 8.55. The third kappa shape index (κ3) is 4.63. The van der Waals surface area contributed by atoms with Gasteiger partial charge in [-0.3, -0.25) is 4.79 Å². The molecule has 4 heterocycles. The monoisotopic (exact) mass is 458 g/mol. The molecule has 1 saturated heterocycles. The Balaban J connectivity index is 1.53. The quantitative estimate of drug-likeness (QED) is 0.698. The van der Waals surface area contributed by atoms with Gasteiger partial charge in [0.15, 0.2) is 0 Å². The molecule has 2 aliphatic heterocycles. The number of nitrogens with one attached hydrogen (secondary N) is 1. The Hall–Kier alpha value is -2.91. The van der Waals surface area contributed by atoms with Crippen LogP contribution in [0.25, 0.3) is 0 Å². The first-order chi connectivity index (χ1) is 15.1. The first-order valence-electron chi connectivity index (χ1n) is 10.5. The number of likely N-dealkylation sites (N-methyl/N-ethyl adjacent to an activating group) is 1. The molecule has 10 heteroatoms. The molecule has 2 aromatic rings. The highest BCUT2D eigenvalue weighted by Crippen LogP contribution is 2.35. The van der Waals surface area contributed by atoms with Crippen LogP contribution in [0.4, 0.5) is 22.0 Å². The van der Waals surface area contributed by atoms with Gasteiger partial charge in [-0.2, -0.15) is 0 Å². The van der Waals surface area contributed by atoms with Crippen LogP contribution in [0.5, 0.6) is 0 Å². The van der Waals surface area contributed by atoms with Crippen molar-refractivity contribution in [3.8, 4) is 0 Å². The standard InChI is InChI=1S/C22H27ClN6O3/c1-22(2,3)32-21(31)29-13-15-18(20(29)30)16(12-25-19(15)23)26-17-6-5-14(11-24-17)28-9-7-27(4)8-10-28/h5-6,11-12H,7-10,13H2,1-4H3,(H,24,26). The topological polar surface area (TPSA) is 90.9 Å². The van der Waals surface area contributed by atoms with Crippen molar-refractivity contribution in [1.82, 2.24) is 19.8 Å². The molecule has 2 amide bonds. The summed E-state index contributed by atoms with van der Waals surface area (Å²) in [5.74, 6) is 0.0906. The second-order valence-electron chi connectivity index (χ2n) is 9.00. The van der Waals surface area contributed by atoms with Crippen molar-refractivity contribution in [3.05, 3.63) is 40.8 Å². The van der Waals surface area contributed by atoms with E-state index < -0.39 is 17.6 Å². The lowest BCUT2D eigenvalue weighted by Gasteiger charge is -2.33. The summed E-state index contributed by atoms with van der Waals surface area (Å²) >= 11 is 6.24. The van der Waals surface area contributed by atoms with Gasteiger partial charge in [-0.1, -0.05) is 11.6 Å². The summed E-state index contributed by atoms with van der Waals surface area (Å²) in [6, 6.07) is 3.86. The molecule has 9 nitrogen and oxygen atoms in total. The largest absolute Gasteiger partial charge is 0.443 e. The van der Waals surface area contributed by atoms with Crippen LogP contribution in [0.15, 0.2) is 24.5 Å². The molecule has 32 heavy (non-hydrogen) atoms. The van der Waals surface area contributed by atoms with Crippen LogP contribution >= 0.6 is 11.6 Å². The summed E-state index contributed by atoms with van der Waals surface area (Å²) in [6.45, 7) is 9.19. The van der Waals surface area contributed by atoms with E-state index in [0.29, 0.717) is 22.6 Å². The number of imide groups is 1. The van der Waals surface area contributed by atoms with E-state index in [1.807, 2.05) is 18.3 Å². The fourth-order valence-electron chi connectivity index (χ4n) is 3.69. The number of rotatable bonds is 3. The molecule has 0 radical (unpaired) electrons. The average molecular weight is 459 g/mol. The number of pyridine rings is 2. The van der Waals surface area contributed by atoms with Gasteiger partial charge in [0.2, 0.25) is 0 Å². The number of hydrogen-bond donors (Lipinski definition) is 1. The van der Waals surface area contributed by atoms with Crippen LogP contribution in [0.1, 0.15) is 36.7 Å². The fraction of sp³-hybridized carbons (Fsp3) is 0.455. The smallest absolute Gasteiger partial charge is 0.417 e. The van der Waals surface area contributed by atoms with E-state index in [9.17, 15) is 9.59 Å². The van der Waals surface area contributed by atoms with Crippen molar-refractivity contribution in [3.63, 3.8) is 0 Å². The summed E-state index contributed by atoms with van der Waals surface area (Å²) in [6.07, 6.45) is 2.58. The number of nitrogens with zero attached hydrogens (tertiary/aromatic N) is 5. The minimum absolute atomic E-state index is 0.0141. The highest BCUT2D eigenvalue weighted by Gasteiger charge is 2.38. The number of piperazine rings is 1. The van der Waals surface area contributed by atoms with Crippen LogP contribution in [-0.2, 0) is 11.3 Å². The number of amides is 2. The molecule has 0 bridgehead atoms. The molecule has 0 aliphatic carbocycles. The predicted octanol–water partition coefficient (Wildman–Crippen LogP) is 3.52. The molecule has 0 saturated carbocycles. The van der Waals surface area contributed by atoms with Gasteiger partial charge in [0.25, 0.3) is 5.91 Å². The molecule has 0 aromatic carbocycles. The van der Waals surface area contributed by atoms with Crippen molar-refractivity contribution in [2.24, 2.45) is 0 Å². The zero-order valence-corrected chi connectivity index (χ0v) is 19.4. The Morgan fingerprint density at radius 3 is 2.47 bits per heavy atom. The maximum Gasteiger partial charge on any atom is 0.417 e. The second-order valence-corrected chi connectivity index (χ2v) is 9.36. The normalized spacial score (nSPS) is 16.8. The predicted molar refractivity (Wildman–Crippen MR) is 123 cm³/mol. The number of carbonyl (C=O) groups is 2. The third-order valence-corrected chi connectivity index (χ3v) is 5.72. The molecular formula is C22H27ClN6O3. The Labute approximate surface area is 192 Å². The Morgan fingerprint density at radius 1 is 1.12 bits per heavy atom. The number of anilines is 3. The minimum Gasteiger partial charge on any atom is -0.443 e. The highest BCUT2D eigenvalue weighted by molar-refractivity contribution is 6.31. The number of halogens is 1. The van der Waals surface area contributed by atoms with Crippen LogP contribution in [-0.4, -0.2) is 70.6 Å².